The van der Waals surface area contributed by atoms with Crippen LogP contribution in [0.1, 0.15) is 203 Å². The third-order valence-electron chi connectivity index (χ3n) is 22.2. The summed E-state index contributed by atoms with van der Waals surface area (Å²) in [7, 11) is 0. The SMILES string of the molecule is C#CCCc1cccc(C)c(=O)c1.C=CC(=C)c1cccc(C)c(=O)c1.CC#CCc1cccc(C)c(=O)c1.CC1=CC1c1cccc(C)c(=O)c1.CC1=CC1c1cccc(C)c(=O)c1.CCC#Cc1cccc(C)c(=O)c1.Cc1cccc(C2=CCC2)cc1=O.Cc1cccc(C2=C[C@@H]2C)cc1=O.Cc1cccc(C2=C[C@H]2C)cc1=O.Cc1cccc(C2C=CC2)cc1=O. The van der Waals surface area contributed by atoms with E-state index in [2.05, 4.69) is 113 Å². The van der Waals surface area contributed by atoms with Crippen LogP contribution in [0.4, 0.5) is 0 Å². The first kappa shape index (κ1) is 103. The van der Waals surface area contributed by atoms with Gasteiger partial charge < -0.3 is 0 Å². The van der Waals surface area contributed by atoms with Crippen LogP contribution in [0, 0.1) is 117 Å². The van der Waals surface area contributed by atoms with E-state index < -0.39 is 0 Å². The van der Waals surface area contributed by atoms with Crippen molar-refractivity contribution in [3.05, 3.63) is 529 Å². The molecule has 0 saturated carbocycles. The van der Waals surface area contributed by atoms with E-state index >= 15 is 0 Å². The number of terminal acetylenes is 1. The van der Waals surface area contributed by atoms with Gasteiger partial charge in [-0.1, -0.05) is 287 Å². The maximum absolute atomic E-state index is 11.5. The maximum Gasteiger partial charge on any atom is 0.182 e. The molecule has 16 rings (SSSR count). The molecule has 3 unspecified atom stereocenters. The van der Waals surface area contributed by atoms with Crippen molar-refractivity contribution >= 4 is 22.3 Å². The van der Waals surface area contributed by atoms with Gasteiger partial charge in [-0.3, -0.25) is 47.9 Å². The second-order valence-electron chi connectivity index (χ2n) is 32.9. The van der Waals surface area contributed by atoms with Gasteiger partial charge in [-0.15, -0.1) is 18.3 Å². The van der Waals surface area contributed by atoms with Crippen LogP contribution in [0.5, 0.6) is 0 Å². The number of rotatable bonds is 11. The van der Waals surface area contributed by atoms with Crippen LogP contribution in [0.3, 0.4) is 0 Å². The molecule has 0 heterocycles. The van der Waals surface area contributed by atoms with Gasteiger partial charge in [0.2, 0.25) is 0 Å². The van der Waals surface area contributed by atoms with Gasteiger partial charge in [0.1, 0.15) is 0 Å². The summed E-state index contributed by atoms with van der Waals surface area (Å²) in [6, 6.07) is 74.2. The van der Waals surface area contributed by atoms with E-state index in [1.165, 1.54) is 27.9 Å². The third kappa shape index (κ3) is 34.7. The molecule has 6 aliphatic rings. The van der Waals surface area contributed by atoms with Crippen LogP contribution >= 0.6 is 0 Å². The summed E-state index contributed by atoms with van der Waals surface area (Å²) in [5.74, 6) is 16.6. The molecule has 0 bridgehead atoms. The maximum atomic E-state index is 11.5. The van der Waals surface area contributed by atoms with Gasteiger partial charge in [0, 0.05) is 48.6 Å². The molecule has 0 amide bonds. The van der Waals surface area contributed by atoms with Gasteiger partial charge in [-0.2, -0.15) is 0 Å². The molecule has 0 aromatic heterocycles. The van der Waals surface area contributed by atoms with E-state index in [1.807, 2.05) is 232 Å². The smallest absolute Gasteiger partial charge is 0.182 e. The molecule has 0 fully saturated rings. The Balaban J connectivity index is 0.000000198. The summed E-state index contributed by atoms with van der Waals surface area (Å²) in [4.78, 5) is 114. The fraction of sp³-hybridized carbons (Fsp3) is 0.233. The van der Waals surface area contributed by atoms with Gasteiger partial charge in [0.15, 0.2) is 54.3 Å². The molecule has 0 spiro atoms. The van der Waals surface area contributed by atoms with Crippen molar-refractivity contribution in [2.24, 2.45) is 11.8 Å². The Kier molecular flexibility index (Phi) is 41.0. The highest BCUT2D eigenvalue weighted by Crippen LogP contribution is 2.40. The number of hydrogen-bond donors (Lipinski definition) is 0. The van der Waals surface area contributed by atoms with Crippen molar-refractivity contribution in [2.45, 2.75) is 173 Å². The molecule has 10 aromatic rings. The summed E-state index contributed by atoms with van der Waals surface area (Å²) in [5, 5.41) is 0. The molecule has 10 nitrogen and oxygen atoms in total. The van der Waals surface area contributed by atoms with Crippen molar-refractivity contribution < 1.29 is 0 Å². The summed E-state index contributed by atoms with van der Waals surface area (Å²) in [5.41, 5.74) is 26.6. The molecule has 0 aliphatic heterocycles. The minimum Gasteiger partial charge on any atom is -0.290 e. The number of hydrogen-bond acceptors (Lipinski definition) is 10. The van der Waals surface area contributed by atoms with Crippen LogP contribution in [0.15, 0.2) is 364 Å². The van der Waals surface area contributed by atoms with Gasteiger partial charge in [0.25, 0.3) is 0 Å². The highest BCUT2D eigenvalue weighted by atomic mass is 16.1. The fourth-order valence-electron chi connectivity index (χ4n) is 12.8. The van der Waals surface area contributed by atoms with Crippen molar-refractivity contribution in [1.29, 1.82) is 0 Å². The molecule has 130 heavy (non-hydrogen) atoms. The van der Waals surface area contributed by atoms with Crippen molar-refractivity contribution in [3.8, 4) is 36.0 Å². The van der Waals surface area contributed by atoms with Gasteiger partial charge in [-0.25, -0.2) is 0 Å². The lowest BCUT2D eigenvalue weighted by atomic mass is 9.89. The molecular weight excluding hydrogens is 1600 g/mol. The normalized spacial score (nSPS) is 14.9. The van der Waals surface area contributed by atoms with Crippen LogP contribution in [0.2, 0.25) is 0 Å². The molecule has 0 N–H and O–H groups in total. The first-order valence-electron chi connectivity index (χ1n) is 44.0. The van der Waals surface area contributed by atoms with Gasteiger partial charge >= 0.3 is 0 Å². The van der Waals surface area contributed by atoms with Crippen LogP contribution in [-0.2, 0) is 12.8 Å². The minimum atomic E-state index is 0.0306. The van der Waals surface area contributed by atoms with Crippen LogP contribution in [0.25, 0.3) is 22.3 Å². The molecule has 0 radical (unpaired) electrons. The zero-order valence-corrected chi connectivity index (χ0v) is 78.1. The largest absolute Gasteiger partial charge is 0.290 e. The zero-order valence-electron chi connectivity index (χ0n) is 78.1. The van der Waals surface area contributed by atoms with E-state index in [-0.39, 0.29) is 54.3 Å². The van der Waals surface area contributed by atoms with Crippen LogP contribution in [-0.4, -0.2) is 0 Å². The molecule has 660 valence electrons. The Morgan fingerprint density at radius 1 is 0.408 bits per heavy atom. The van der Waals surface area contributed by atoms with Gasteiger partial charge in [0.05, 0.1) is 0 Å². The predicted octanol–water partition coefficient (Wildman–Crippen LogP) is 23.0. The summed E-state index contributed by atoms with van der Waals surface area (Å²) < 4.78 is 0. The Labute approximate surface area is 767 Å². The second kappa shape index (κ2) is 52.0. The number of allylic oxidation sites excluding steroid dienone is 14. The highest BCUT2D eigenvalue weighted by Gasteiger charge is 2.24. The standard InChI is InChI=1S/10C12H12O/c4*1-8-4-3-5-10(7-12(8)13)11-6-9(11)2;2*1-9-4-2-7-11(8-12(9)13)10-5-3-6-10;1-4-9(2)11-7-5-6-10(3)12(13)8-11;3*1-3-4-7-11-8-5-6-10(2)12(13)9-11/h2*3-7,11H,1-2H3;2*3-7,9H,1-2H3;2,4-5,7-8H,3,6H2,1H3;2-5,7-8,10H,6H2,1H3;4-8H,1-2H2,3H3;5-6,8-9H,7H2,1-2H3;5-6,8-9H,3H2,1-2H3;1,5-6,8-9H,4,7H2,2H3/t;;2*9-;;;;;;/m..10....../s1. The molecular formula is C120H120O10. The van der Waals surface area contributed by atoms with E-state index in [4.69, 9.17) is 6.42 Å². The fourth-order valence-corrected chi connectivity index (χ4v) is 12.8. The first-order valence-corrected chi connectivity index (χ1v) is 44.0. The lowest BCUT2D eigenvalue weighted by Crippen LogP contribution is -2.04. The van der Waals surface area contributed by atoms with Gasteiger partial charge in [-0.05, 0) is 316 Å². The zero-order chi connectivity index (χ0) is 95.1. The van der Waals surface area contributed by atoms with E-state index in [0.717, 1.165) is 149 Å². The Hall–Kier alpha value is -14.5. The summed E-state index contributed by atoms with van der Waals surface area (Å²) >= 11 is 0. The second-order valence-corrected chi connectivity index (χ2v) is 32.9. The Morgan fingerprint density at radius 3 is 1.10 bits per heavy atom. The molecule has 10 aromatic carbocycles. The molecule has 10 heteroatoms. The summed E-state index contributed by atoms with van der Waals surface area (Å²) in [6.45, 7) is 37.9. The van der Waals surface area contributed by atoms with E-state index in [9.17, 15) is 47.9 Å². The lowest BCUT2D eigenvalue weighted by Gasteiger charge is -2.16. The minimum absolute atomic E-state index is 0.0306. The van der Waals surface area contributed by atoms with E-state index in [0.29, 0.717) is 42.4 Å². The lowest BCUT2D eigenvalue weighted by molar-refractivity contribution is 0.794. The average molecular weight is 1720 g/mol. The number of aryl methyl sites for hydroxylation is 11. The predicted molar refractivity (Wildman–Crippen MR) is 546 cm³/mol. The Morgan fingerprint density at radius 2 is 0.738 bits per heavy atom. The molecule has 0 saturated heterocycles. The van der Waals surface area contributed by atoms with E-state index in [1.54, 1.807) is 99.6 Å². The first-order chi connectivity index (χ1) is 62.1. The quantitative estimate of drug-likeness (QED) is 0.0689. The van der Waals surface area contributed by atoms with Crippen molar-refractivity contribution in [1.82, 2.24) is 0 Å². The summed E-state index contributed by atoms with van der Waals surface area (Å²) in [6.07, 6.45) is 28.2. The Bertz CT molecular complexity index is 6660. The molecule has 6 aliphatic carbocycles. The third-order valence-corrected chi connectivity index (χ3v) is 22.2. The van der Waals surface area contributed by atoms with Crippen molar-refractivity contribution in [2.75, 3.05) is 0 Å². The van der Waals surface area contributed by atoms with Crippen molar-refractivity contribution in [3.63, 3.8) is 0 Å². The monoisotopic (exact) mass is 1720 g/mol. The average Bonchev–Trinajstić information content (AvgIpc) is 1.68. The molecule has 5 atom stereocenters. The highest BCUT2D eigenvalue weighted by molar-refractivity contribution is 5.80. The topological polar surface area (TPSA) is 171 Å². The van der Waals surface area contributed by atoms with Crippen LogP contribution < -0.4 is 54.3 Å².